The van der Waals surface area contributed by atoms with E-state index in [1.807, 2.05) is 13.8 Å². The Balaban J connectivity index is 3.12. The highest BCUT2D eigenvalue weighted by Crippen LogP contribution is 2.36. The van der Waals surface area contributed by atoms with Gasteiger partial charge >= 0.3 is 0 Å². The van der Waals surface area contributed by atoms with Gasteiger partial charge in [-0.15, -0.1) is 0 Å². The van der Waals surface area contributed by atoms with Crippen LogP contribution in [0.15, 0.2) is 17.0 Å². The molecule has 1 N–H and O–H groups in total. The van der Waals surface area contributed by atoms with E-state index in [2.05, 4.69) is 0 Å². The number of ether oxygens (including phenoxy) is 1. The molecule has 1 unspecified atom stereocenters. The summed E-state index contributed by atoms with van der Waals surface area (Å²) >= 11 is 11.7. The standard InChI is InChI=1S/C12H16Cl2O4S/c1-3-4-5-8(2)18-12-10(14)6-9(13)7-11(12)19(15,16)17/h6-8H,3-5H2,1-2H3,(H,15,16,17). The van der Waals surface area contributed by atoms with Crippen molar-refractivity contribution in [2.75, 3.05) is 0 Å². The van der Waals surface area contributed by atoms with Gasteiger partial charge in [-0.05, 0) is 25.5 Å². The highest BCUT2D eigenvalue weighted by molar-refractivity contribution is 7.86. The van der Waals surface area contributed by atoms with Crippen LogP contribution in [0.4, 0.5) is 0 Å². The van der Waals surface area contributed by atoms with E-state index < -0.39 is 15.0 Å². The summed E-state index contributed by atoms with van der Waals surface area (Å²) in [6.07, 6.45) is 2.51. The molecule has 19 heavy (non-hydrogen) atoms. The molecule has 0 spiro atoms. The Morgan fingerprint density at radius 2 is 2.00 bits per heavy atom. The Labute approximate surface area is 123 Å². The van der Waals surface area contributed by atoms with Crippen molar-refractivity contribution in [2.24, 2.45) is 0 Å². The lowest BCUT2D eigenvalue weighted by atomic mass is 10.2. The molecule has 0 aromatic heterocycles. The third-order valence-corrected chi connectivity index (χ3v) is 3.89. The van der Waals surface area contributed by atoms with Crippen LogP contribution in [0.5, 0.6) is 5.75 Å². The summed E-state index contributed by atoms with van der Waals surface area (Å²) in [6.45, 7) is 3.86. The second-order valence-corrected chi connectivity index (χ2v) is 6.49. The van der Waals surface area contributed by atoms with Gasteiger partial charge in [0.2, 0.25) is 0 Å². The molecule has 0 aliphatic rings. The average molecular weight is 327 g/mol. The van der Waals surface area contributed by atoms with E-state index in [-0.39, 0.29) is 21.9 Å². The van der Waals surface area contributed by atoms with E-state index >= 15 is 0 Å². The molecule has 7 heteroatoms. The lowest BCUT2D eigenvalue weighted by Crippen LogP contribution is -2.14. The van der Waals surface area contributed by atoms with Crippen LogP contribution in [0.1, 0.15) is 33.1 Å². The average Bonchev–Trinajstić information content (AvgIpc) is 2.28. The molecule has 1 aromatic carbocycles. The molecule has 0 bridgehead atoms. The van der Waals surface area contributed by atoms with Crippen molar-refractivity contribution >= 4 is 33.3 Å². The van der Waals surface area contributed by atoms with Gasteiger partial charge in [-0.2, -0.15) is 8.42 Å². The number of hydrogen-bond acceptors (Lipinski definition) is 3. The molecular weight excluding hydrogens is 311 g/mol. The zero-order chi connectivity index (χ0) is 14.6. The van der Waals surface area contributed by atoms with Crippen molar-refractivity contribution in [2.45, 2.75) is 44.1 Å². The number of unbranched alkanes of at least 4 members (excludes halogenated alkanes) is 1. The molecule has 1 aromatic rings. The van der Waals surface area contributed by atoms with Crippen LogP contribution in [0, 0.1) is 0 Å². The van der Waals surface area contributed by atoms with Gasteiger partial charge in [0.05, 0.1) is 11.1 Å². The molecule has 4 nitrogen and oxygen atoms in total. The third-order valence-electron chi connectivity index (χ3n) is 2.54. The summed E-state index contributed by atoms with van der Waals surface area (Å²) in [4.78, 5) is -0.409. The summed E-state index contributed by atoms with van der Waals surface area (Å²) in [5.74, 6) is -0.0582. The molecular formula is C12H16Cl2O4S. The van der Waals surface area contributed by atoms with Crippen LogP contribution >= 0.6 is 23.2 Å². The number of halogens is 2. The van der Waals surface area contributed by atoms with Crippen LogP contribution in [-0.4, -0.2) is 19.1 Å². The van der Waals surface area contributed by atoms with Gasteiger partial charge in [-0.1, -0.05) is 43.0 Å². The Hall–Kier alpha value is -0.490. The van der Waals surface area contributed by atoms with Crippen LogP contribution < -0.4 is 4.74 Å². The predicted octanol–water partition coefficient (Wildman–Crippen LogP) is 4.20. The lowest BCUT2D eigenvalue weighted by Gasteiger charge is -2.17. The minimum atomic E-state index is -4.44. The van der Waals surface area contributed by atoms with Gasteiger partial charge in [0.1, 0.15) is 4.90 Å². The van der Waals surface area contributed by atoms with Gasteiger partial charge in [-0.25, -0.2) is 0 Å². The van der Waals surface area contributed by atoms with E-state index in [0.717, 1.165) is 25.3 Å². The van der Waals surface area contributed by atoms with Gasteiger partial charge < -0.3 is 4.74 Å². The van der Waals surface area contributed by atoms with Gasteiger partial charge in [0, 0.05) is 5.02 Å². The van der Waals surface area contributed by atoms with Crippen LogP contribution in [-0.2, 0) is 10.1 Å². The zero-order valence-electron chi connectivity index (χ0n) is 10.7. The maximum Gasteiger partial charge on any atom is 0.298 e. The fraction of sp³-hybridized carbons (Fsp3) is 0.500. The minimum Gasteiger partial charge on any atom is -0.488 e. The van der Waals surface area contributed by atoms with E-state index in [4.69, 9.17) is 27.9 Å². The molecule has 0 fully saturated rings. The highest BCUT2D eigenvalue weighted by Gasteiger charge is 2.22. The Morgan fingerprint density at radius 3 is 2.53 bits per heavy atom. The normalized spacial score (nSPS) is 13.3. The summed E-state index contributed by atoms with van der Waals surface area (Å²) in [5.41, 5.74) is 0. The molecule has 1 rings (SSSR count). The highest BCUT2D eigenvalue weighted by atomic mass is 35.5. The SMILES string of the molecule is CCCCC(C)Oc1c(Cl)cc(Cl)cc1S(=O)(=O)O. The van der Waals surface area contributed by atoms with E-state index in [1.165, 1.54) is 6.07 Å². The molecule has 0 aliphatic carbocycles. The van der Waals surface area contributed by atoms with Gasteiger partial charge in [0.15, 0.2) is 5.75 Å². The third kappa shape index (κ3) is 4.84. The summed E-state index contributed by atoms with van der Waals surface area (Å²) < 4.78 is 37.3. The van der Waals surface area contributed by atoms with Crippen LogP contribution in [0.3, 0.4) is 0 Å². The first-order valence-corrected chi connectivity index (χ1v) is 8.08. The largest absolute Gasteiger partial charge is 0.488 e. The number of benzene rings is 1. The molecule has 0 radical (unpaired) electrons. The monoisotopic (exact) mass is 326 g/mol. The molecule has 1 atom stereocenters. The second kappa shape index (κ2) is 6.79. The molecule has 108 valence electrons. The van der Waals surface area contributed by atoms with Crippen molar-refractivity contribution in [3.8, 4) is 5.75 Å². The van der Waals surface area contributed by atoms with Crippen molar-refractivity contribution in [1.29, 1.82) is 0 Å². The molecule has 0 saturated heterocycles. The molecule has 0 heterocycles. The minimum absolute atomic E-state index is 0.0582. The smallest absolute Gasteiger partial charge is 0.298 e. The van der Waals surface area contributed by atoms with Crippen LogP contribution in [0.2, 0.25) is 10.0 Å². The van der Waals surface area contributed by atoms with E-state index in [0.29, 0.717) is 0 Å². The van der Waals surface area contributed by atoms with Crippen molar-refractivity contribution in [3.05, 3.63) is 22.2 Å². The fourth-order valence-corrected chi connectivity index (χ4v) is 2.92. The number of rotatable bonds is 6. The summed E-state index contributed by atoms with van der Waals surface area (Å²) in [6, 6.07) is 2.49. The van der Waals surface area contributed by atoms with Crippen LogP contribution in [0.25, 0.3) is 0 Å². The van der Waals surface area contributed by atoms with Gasteiger partial charge in [0.25, 0.3) is 10.1 Å². The Kier molecular flexibility index (Phi) is 5.92. The quantitative estimate of drug-likeness (QED) is 0.796. The van der Waals surface area contributed by atoms with Crippen molar-refractivity contribution < 1.29 is 17.7 Å². The first kappa shape index (κ1) is 16.6. The topological polar surface area (TPSA) is 63.6 Å². The first-order valence-electron chi connectivity index (χ1n) is 5.89. The second-order valence-electron chi connectivity index (χ2n) is 4.26. The Bertz CT molecular complexity index is 543. The predicted molar refractivity (Wildman–Crippen MR) is 75.9 cm³/mol. The number of hydrogen-bond donors (Lipinski definition) is 1. The fourth-order valence-electron chi connectivity index (χ4n) is 1.59. The van der Waals surface area contributed by atoms with Crippen molar-refractivity contribution in [3.63, 3.8) is 0 Å². The summed E-state index contributed by atoms with van der Waals surface area (Å²) in [5, 5.41) is 0.176. The molecule has 0 amide bonds. The molecule has 0 aliphatic heterocycles. The van der Waals surface area contributed by atoms with Gasteiger partial charge in [-0.3, -0.25) is 4.55 Å². The van der Waals surface area contributed by atoms with E-state index in [1.54, 1.807) is 0 Å². The Morgan fingerprint density at radius 1 is 1.37 bits per heavy atom. The lowest BCUT2D eigenvalue weighted by molar-refractivity contribution is 0.202. The summed E-state index contributed by atoms with van der Waals surface area (Å²) in [7, 11) is -4.44. The zero-order valence-corrected chi connectivity index (χ0v) is 13.0. The maximum absolute atomic E-state index is 11.3. The first-order chi connectivity index (χ1) is 8.75. The van der Waals surface area contributed by atoms with E-state index in [9.17, 15) is 13.0 Å². The maximum atomic E-state index is 11.3. The van der Waals surface area contributed by atoms with Crippen molar-refractivity contribution in [1.82, 2.24) is 0 Å². The molecule has 0 saturated carbocycles.